The van der Waals surface area contributed by atoms with Crippen LogP contribution in [0, 0.1) is 23.7 Å². The van der Waals surface area contributed by atoms with Crippen molar-refractivity contribution in [1.29, 1.82) is 0 Å². The fourth-order valence-corrected chi connectivity index (χ4v) is 2.49. The molecule has 1 saturated carbocycles. The Hall–Kier alpha value is -0.860. The summed E-state index contributed by atoms with van der Waals surface area (Å²) in [4.78, 5) is 22.4. The zero-order chi connectivity index (χ0) is 10.2. The van der Waals surface area contributed by atoms with Gasteiger partial charge in [0.05, 0.1) is 5.92 Å². The second kappa shape index (κ2) is 3.48. The van der Waals surface area contributed by atoms with Crippen LogP contribution in [0.3, 0.4) is 0 Å². The molecule has 0 saturated heterocycles. The van der Waals surface area contributed by atoms with Crippen molar-refractivity contribution in [2.45, 2.75) is 27.2 Å². The lowest BCUT2D eigenvalue weighted by Gasteiger charge is -2.17. The van der Waals surface area contributed by atoms with Gasteiger partial charge in [-0.3, -0.25) is 9.59 Å². The summed E-state index contributed by atoms with van der Waals surface area (Å²) in [5.74, 6) is -1.54. The van der Waals surface area contributed by atoms with E-state index in [1.54, 1.807) is 6.92 Å². The Morgan fingerprint density at radius 1 is 1.38 bits per heavy atom. The number of hydrogen-bond donors (Lipinski definition) is 1. The van der Waals surface area contributed by atoms with Crippen LogP contribution in [0.5, 0.6) is 0 Å². The molecule has 0 aromatic rings. The van der Waals surface area contributed by atoms with Crippen molar-refractivity contribution in [2.75, 3.05) is 0 Å². The first kappa shape index (κ1) is 10.2. The quantitative estimate of drug-likeness (QED) is 0.708. The molecule has 3 heteroatoms. The lowest BCUT2D eigenvalue weighted by atomic mass is 9.86. The van der Waals surface area contributed by atoms with Gasteiger partial charge in [0, 0.05) is 11.8 Å². The fraction of sp³-hybridized carbons (Fsp3) is 0.800. The lowest BCUT2D eigenvalue weighted by Crippen LogP contribution is -2.24. The Kier molecular flexibility index (Phi) is 2.74. The second-order valence-corrected chi connectivity index (χ2v) is 3.92. The molecule has 0 aromatic heterocycles. The third-order valence-corrected chi connectivity index (χ3v) is 3.30. The maximum atomic E-state index is 11.5. The minimum Gasteiger partial charge on any atom is -0.481 e. The number of rotatable bonds is 2. The topological polar surface area (TPSA) is 54.4 Å². The number of carbonyl (C=O) groups is 2. The van der Waals surface area contributed by atoms with Crippen LogP contribution in [0.2, 0.25) is 0 Å². The van der Waals surface area contributed by atoms with Crippen LogP contribution >= 0.6 is 0 Å². The summed E-state index contributed by atoms with van der Waals surface area (Å²) in [5.41, 5.74) is 0. The number of carboxylic acids is 1. The summed E-state index contributed by atoms with van der Waals surface area (Å²) in [6, 6.07) is 0. The highest BCUT2D eigenvalue weighted by Gasteiger charge is 2.47. The Bertz CT molecular complexity index is 234. The van der Waals surface area contributed by atoms with Crippen LogP contribution in [-0.4, -0.2) is 16.9 Å². The molecule has 0 aliphatic heterocycles. The van der Waals surface area contributed by atoms with Gasteiger partial charge in [-0.25, -0.2) is 0 Å². The zero-order valence-corrected chi connectivity index (χ0v) is 8.28. The number of Topliss-reactive ketones (excluding diaryl/α,β-unsaturated/α-hetero) is 1. The highest BCUT2D eigenvalue weighted by molar-refractivity contribution is 5.91. The van der Waals surface area contributed by atoms with E-state index in [0.29, 0.717) is 0 Å². The van der Waals surface area contributed by atoms with Crippen LogP contribution in [0.4, 0.5) is 0 Å². The van der Waals surface area contributed by atoms with Gasteiger partial charge in [-0.05, 0) is 5.92 Å². The predicted octanol–water partition coefficient (Wildman–Crippen LogP) is 1.57. The van der Waals surface area contributed by atoms with Gasteiger partial charge in [-0.2, -0.15) is 0 Å². The lowest BCUT2D eigenvalue weighted by molar-refractivity contribution is -0.145. The molecule has 1 aliphatic rings. The van der Waals surface area contributed by atoms with Gasteiger partial charge in [0.15, 0.2) is 0 Å². The maximum absolute atomic E-state index is 11.5. The van der Waals surface area contributed by atoms with Gasteiger partial charge in [0.25, 0.3) is 0 Å². The summed E-state index contributed by atoms with van der Waals surface area (Å²) in [7, 11) is 0. The molecule has 13 heavy (non-hydrogen) atoms. The van der Waals surface area contributed by atoms with Crippen molar-refractivity contribution in [3.05, 3.63) is 0 Å². The molecule has 3 nitrogen and oxygen atoms in total. The van der Waals surface area contributed by atoms with E-state index in [0.717, 1.165) is 6.42 Å². The molecule has 1 rings (SSSR count). The molecule has 4 atom stereocenters. The minimum absolute atomic E-state index is 0.0278. The van der Waals surface area contributed by atoms with E-state index in [-0.39, 0.29) is 23.5 Å². The van der Waals surface area contributed by atoms with E-state index < -0.39 is 11.9 Å². The average Bonchev–Trinajstić information content (AvgIpc) is 2.29. The maximum Gasteiger partial charge on any atom is 0.307 e. The summed E-state index contributed by atoms with van der Waals surface area (Å²) >= 11 is 0. The molecule has 4 unspecified atom stereocenters. The van der Waals surface area contributed by atoms with Crippen LogP contribution < -0.4 is 0 Å². The SMILES string of the molecule is CCC1C(C)C(=O)C(C)C1C(=O)O. The fourth-order valence-electron chi connectivity index (χ4n) is 2.49. The van der Waals surface area contributed by atoms with Crippen LogP contribution in [0.1, 0.15) is 27.2 Å². The Morgan fingerprint density at radius 3 is 2.23 bits per heavy atom. The number of carbonyl (C=O) groups excluding carboxylic acids is 1. The first-order chi connectivity index (χ1) is 6.00. The van der Waals surface area contributed by atoms with Gasteiger partial charge in [-0.15, -0.1) is 0 Å². The summed E-state index contributed by atoms with van der Waals surface area (Å²) < 4.78 is 0. The Labute approximate surface area is 78.1 Å². The van der Waals surface area contributed by atoms with Crippen molar-refractivity contribution in [2.24, 2.45) is 23.7 Å². The van der Waals surface area contributed by atoms with Crippen molar-refractivity contribution >= 4 is 11.8 Å². The first-order valence-corrected chi connectivity index (χ1v) is 4.77. The molecule has 74 valence electrons. The normalized spacial score (nSPS) is 39.5. The smallest absolute Gasteiger partial charge is 0.307 e. The van der Waals surface area contributed by atoms with Gasteiger partial charge in [0.1, 0.15) is 5.78 Å². The molecule has 0 aromatic carbocycles. The van der Waals surface area contributed by atoms with E-state index in [9.17, 15) is 9.59 Å². The number of aliphatic carboxylic acids is 1. The van der Waals surface area contributed by atoms with Crippen LogP contribution in [-0.2, 0) is 9.59 Å². The molecular formula is C10H16O3. The molecule has 1 fully saturated rings. The summed E-state index contributed by atoms with van der Waals surface area (Å²) in [6.45, 7) is 5.52. The third-order valence-electron chi connectivity index (χ3n) is 3.30. The van der Waals surface area contributed by atoms with E-state index >= 15 is 0 Å². The Balaban J connectivity index is 2.93. The number of hydrogen-bond acceptors (Lipinski definition) is 2. The second-order valence-electron chi connectivity index (χ2n) is 3.92. The molecule has 0 heterocycles. The average molecular weight is 184 g/mol. The van der Waals surface area contributed by atoms with Crippen molar-refractivity contribution < 1.29 is 14.7 Å². The summed E-state index contributed by atoms with van der Waals surface area (Å²) in [5, 5.41) is 8.97. The molecular weight excluding hydrogens is 168 g/mol. The van der Waals surface area contributed by atoms with Crippen molar-refractivity contribution in [3.63, 3.8) is 0 Å². The van der Waals surface area contributed by atoms with E-state index in [2.05, 4.69) is 0 Å². The standard InChI is InChI=1S/C10H16O3/c1-4-7-5(2)9(11)6(3)8(7)10(12)13/h5-8H,4H2,1-3H3,(H,12,13). The number of carboxylic acid groups (broad SMARTS) is 1. The van der Waals surface area contributed by atoms with Crippen molar-refractivity contribution in [1.82, 2.24) is 0 Å². The van der Waals surface area contributed by atoms with Crippen molar-refractivity contribution in [3.8, 4) is 0 Å². The van der Waals surface area contributed by atoms with Crippen LogP contribution in [0.25, 0.3) is 0 Å². The largest absolute Gasteiger partial charge is 0.481 e. The molecule has 1 aliphatic carbocycles. The van der Waals surface area contributed by atoms with E-state index in [4.69, 9.17) is 5.11 Å². The number of ketones is 1. The predicted molar refractivity (Wildman–Crippen MR) is 48.2 cm³/mol. The van der Waals surface area contributed by atoms with Gasteiger partial charge < -0.3 is 5.11 Å². The molecule has 0 spiro atoms. The van der Waals surface area contributed by atoms with Gasteiger partial charge in [0.2, 0.25) is 0 Å². The van der Waals surface area contributed by atoms with E-state index in [1.807, 2.05) is 13.8 Å². The Morgan fingerprint density at radius 2 is 1.92 bits per heavy atom. The highest BCUT2D eigenvalue weighted by Crippen LogP contribution is 2.40. The molecule has 1 N–H and O–H groups in total. The van der Waals surface area contributed by atoms with Gasteiger partial charge >= 0.3 is 5.97 Å². The first-order valence-electron chi connectivity index (χ1n) is 4.77. The van der Waals surface area contributed by atoms with Gasteiger partial charge in [-0.1, -0.05) is 27.2 Å². The molecule has 0 bridgehead atoms. The van der Waals surface area contributed by atoms with Crippen LogP contribution in [0.15, 0.2) is 0 Å². The summed E-state index contributed by atoms with van der Waals surface area (Å²) in [6.07, 6.45) is 0.772. The minimum atomic E-state index is -0.822. The zero-order valence-electron chi connectivity index (χ0n) is 8.28. The monoisotopic (exact) mass is 184 g/mol. The highest BCUT2D eigenvalue weighted by atomic mass is 16.4. The molecule has 0 radical (unpaired) electrons. The third kappa shape index (κ3) is 1.47. The van der Waals surface area contributed by atoms with E-state index in [1.165, 1.54) is 0 Å². The molecule has 0 amide bonds.